The van der Waals surface area contributed by atoms with Crippen molar-refractivity contribution >= 4 is 0 Å². The van der Waals surface area contributed by atoms with Crippen molar-refractivity contribution in [3.63, 3.8) is 0 Å². The van der Waals surface area contributed by atoms with Crippen LogP contribution in [0.3, 0.4) is 0 Å². The lowest BCUT2D eigenvalue weighted by Crippen LogP contribution is -2.28. The molecule has 0 spiro atoms. The second-order valence-corrected chi connectivity index (χ2v) is 4.17. The fourth-order valence-corrected chi connectivity index (χ4v) is 2.43. The summed E-state index contributed by atoms with van der Waals surface area (Å²) in [7, 11) is 0. The van der Waals surface area contributed by atoms with Crippen LogP contribution in [-0.4, -0.2) is 5.11 Å². The first-order valence-electron chi connectivity index (χ1n) is 5.28. The number of hydrogen-bond donors (Lipinski definition) is 1. The van der Waals surface area contributed by atoms with E-state index in [-0.39, 0.29) is 11.7 Å². The monoisotopic (exact) mass is 206 g/mol. The molecule has 0 saturated heterocycles. The van der Waals surface area contributed by atoms with Crippen molar-refractivity contribution in [2.75, 3.05) is 0 Å². The normalized spacial score (nSPS) is 30.4. The Morgan fingerprint density at radius 2 is 2.07 bits per heavy atom. The summed E-state index contributed by atoms with van der Waals surface area (Å²) in [4.78, 5) is 0. The highest BCUT2D eigenvalue weighted by Gasteiger charge is 2.40. The van der Waals surface area contributed by atoms with E-state index in [9.17, 15) is 9.50 Å². The van der Waals surface area contributed by atoms with Crippen LogP contribution in [-0.2, 0) is 5.60 Å². The van der Waals surface area contributed by atoms with Gasteiger partial charge in [-0.3, -0.25) is 0 Å². The van der Waals surface area contributed by atoms with Gasteiger partial charge in [0.15, 0.2) is 0 Å². The standard InChI is InChI=1S/C13H15FO/c1-2-10-4-3-9-13(10,15)11-5-7-12(14)8-6-11/h2,5-8,10,15H,1,3-4,9H2/t10-,13+/m0/s1. The summed E-state index contributed by atoms with van der Waals surface area (Å²) in [6.07, 6.45) is 4.48. The molecule has 80 valence electrons. The number of halogens is 1. The molecule has 2 heteroatoms. The number of rotatable bonds is 2. The second-order valence-electron chi connectivity index (χ2n) is 4.17. The SMILES string of the molecule is C=C[C@H]1CCC[C@]1(O)c1ccc(F)cc1. The van der Waals surface area contributed by atoms with Gasteiger partial charge in [-0.15, -0.1) is 6.58 Å². The van der Waals surface area contributed by atoms with Crippen molar-refractivity contribution in [3.8, 4) is 0 Å². The van der Waals surface area contributed by atoms with Crippen molar-refractivity contribution in [1.29, 1.82) is 0 Å². The summed E-state index contributed by atoms with van der Waals surface area (Å²) in [5.74, 6) is -0.182. The van der Waals surface area contributed by atoms with Gasteiger partial charge < -0.3 is 5.11 Å². The van der Waals surface area contributed by atoms with E-state index in [1.807, 2.05) is 0 Å². The minimum absolute atomic E-state index is 0.0861. The summed E-state index contributed by atoms with van der Waals surface area (Å²) in [5.41, 5.74) is -0.0403. The van der Waals surface area contributed by atoms with E-state index < -0.39 is 5.60 Å². The van der Waals surface area contributed by atoms with Gasteiger partial charge in [0.2, 0.25) is 0 Å². The fourth-order valence-electron chi connectivity index (χ4n) is 2.43. The Hall–Kier alpha value is -1.15. The van der Waals surface area contributed by atoms with E-state index in [0.717, 1.165) is 24.8 Å². The average Bonchev–Trinajstić information content (AvgIpc) is 2.61. The number of hydrogen-bond acceptors (Lipinski definition) is 1. The van der Waals surface area contributed by atoms with Gasteiger partial charge in [-0.2, -0.15) is 0 Å². The lowest BCUT2D eigenvalue weighted by Gasteiger charge is -2.28. The van der Waals surface area contributed by atoms with Gasteiger partial charge >= 0.3 is 0 Å². The van der Waals surface area contributed by atoms with Crippen molar-refractivity contribution in [2.24, 2.45) is 5.92 Å². The topological polar surface area (TPSA) is 20.2 Å². The predicted molar refractivity (Wildman–Crippen MR) is 57.8 cm³/mol. The molecule has 1 aromatic rings. The Labute approximate surface area is 89.3 Å². The van der Waals surface area contributed by atoms with Crippen LogP contribution in [0.2, 0.25) is 0 Å². The molecular formula is C13H15FO. The molecule has 1 aliphatic rings. The zero-order chi connectivity index (χ0) is 10.9. The first-order chi connectivity index (χ1) is 7.16. The molecule has 0 unspecified atom stereocenters. The van der Waals surface area contributed by atoms with Crippen LogP contribution < -0.4 is 0 Å². The quantitative estimate of drug-likeness (QED) is 0.737. The van der Waals surface area contributed by atoms with E-state index in [0.29, 0.717) is 0 Å². The Kier molecular flexibility index (Phi) is 2.61. The minimum Gasteiger partial charge on any atom is -0.385 e. The van der Waals surface area contributed by atoms with E-state index in [1.165, 1.54) is 12.1 Å². The maximum Gasteiger partial charge on any atom is 0.123 e. The van der Waals surface area contributed by atoms with E-state index in [1.54, 1.807) is 18.2 Å². The Balaban J connectivity index is 2.35. The summed E-state index contributed by atoms with van der Waals surface area (Å²) in [6.45, 7) is 3.75. The molecule has 0 aromatic heterocycles. The van der Waals surface area contributed by atoms with Crippen LogP contribution in [0.15, 0.2) is 36.9 Å². The zero-order valence-electron chi connectivity index (χ0n) is 8.62. The third kappa shape index (κ3) is 1.70. The molecule has 1 aliphatic carbocycles. The summed E-state index contributed by atoms with van der Waals surface area (Å²) >= 11 is 0. The molecule has 1 N–H and O–H groups in total. The maximum atomic E-state index is 12.8. The second kappa shape index (κ2) is 3.78. The first-order valence-corrected chi connectivity index (χ1v) is 5.28. The molecule has 15 heavy (non-hydrogen) atoms. The van der Waals surface area contributed by atoms with Crippen molar-refractivity contribution < 1.29 is 9.50 Å². The Morgan fingerprint density at radius 1 is 1.40 bits per heavy atom. The summed E-state index contributed by atoms with van der Waals surface area (Å²) in [5, 5.41) is 10.5. The molecule has 1 nitrogen and oxygen atoms in total. The maximum absolute atomic E-state index is 12.8. The molecule has 0 heterocycles. The van der Waals surface area contributed by atoms with Crippen molar-refractivity contribution in [2.45, 2.75) is 24.9 Å². The van der Waals surface area contributed by atoms with Gasteiger partial charge in [0.05, 0.1) is 5.60 Å². The predicted octanol–water partition coefficient (Wildman–Crippen LogP) is 3.00. The van der Waals surface area contributed by atoms with Crippen molar-refractivity contribution in [3.05, 3.63) is 48.3 Å². The van der Waals surface area contributed by atoms with Crippen LogP contribution in [0, 0.1) is 11.7 Å². The molecule has 0 amide bonds. The molecular weight excluding hydrogens is 191 g/mol. The lowest BCUT2D eigenvalue weighted by molar-refractivity contribution is 0.0150. The molecule has 1 fully saturated rings. The minimum atomic E-state index is -0.838. The van der Waals surface area contributed by atoms with Gasteiger partial charge in [0.25, 0.3) is 0 Å². The lowest BCUT2D eigenvalue weighted by atomic mass is 9.84. The third-order valence-corrected chi connectivity index (χ3v) is 3.32. The van der Waals surface area contributed by atoms with Crippen LogP contribution >= 0.6 is 0 Å². The highest BCUT2D eigenvalue weighted by Crippen LogP contribution is 2.43. The smallest absolute Gasteiger partial charge is 0.123 e. The number of aliphatic hydroxyl groups is 1. The molecule has 2 atom stereocenters. The average molecular weight is 206 g/mol. The van der Waals surface area contributed by atoms with E-state index in [4.69, 9.17) is 0 Å². The summed E-state index contributed by atoms with van der Waals surface area (Å²) < 4.78 is 12.8. The van der Waals surface area contributed by atoms with Gasteiger partial charge in [0, 0.05) is 5.92 Å². The summed E-state index contributed by atoms with van der Waals surface area (Å²) in [6, 6.07) is 6.12. The van der Waals surface area contributed by atoms with Gasteiger partial charge in [0.1, 0.15) is 5.82 Å². The molecule has 1 aromatic carbocycles. The van der Waals surface area contributed by atoms with Crippen LogP contribution in [0.25, 0.3) is 0 Å². The Morgan fingerprint density at radius 3 is 2.67 bits per heavy atom. The van der Waals surface area contributed by atoms with Crippen LogP contribution in [0.1, 0.15) is 24.8 Å². The molecule has 2 rings (SSSR count). The zero-order valence-corrected chi connectivity index (χ0v) is 8.62. The Bertz CT molecular complexity index is 357. The van der Waals surface area contributed by atoms with Gasteiger partial charge in [-0.25, -0.2) is 4.39 Å². The van der Waals surface area contributed by atoms with Crippen LogP contribution in [0.5, 0.6) is 0 Å². The first kappa shape index (κ1) is 10.4. The third-order valence-electron chi connectivity index (χ3n) is 3.32. The van der Waals surface area contributed by atoms with E-state index >= 15 is 0 Å². The number of benzene rings is 1. The molecule has 0 aliphatic heterocycles. The molecule has 0 bridgehead atoms. The molecule has 1 saturated carbocycles. The highest BCUT2D eigenvalue weighted by atomic mass is 19.1. The van der Waals surface area contributed by atoms with Gasteiger partial charge in [-0.1, -0.05) is 18.2 Å². The fraction of sp³-hybridized carbons (Fsp3) is 0.385. The van der Waals surface area contributed by atoms with Gasteiger partial charge in [-0.05, 0) is 37.0 Å². The van der Waals surface area contributed by atoms with Crippen LogP contribution in [0.4, 0.5) is 4.39 Å². The largest absolute Gasteiger partial charge is 0.385 e. The molecule has 0 radical (unpaired) electrons. The van der Waals surface area contributed by atoms with Crippen molar-refractivity contribution in [1.82, 2.24) is 0 Å². The highest BCUT2D eigenvalue weighted by molar-refractivity contribution is 5.26. The van der Waals surface area contributed by atoms with E-state index in [2.05, 4.69) is 6.58 Å².